The summed E-state index contributed by atoms with van der Waals surface area (Å²) in [6.07, 6.45) is 7.11. The van der Waals surface area contributed by atoms with Crippen LogP contribution in [0.4, 0.5) is 16.3 Å². The zero-order valence-electron chi connectivity index (χ0n) is 16.4. The Morgan fingerprint density at radius 1 is 1.34 bits per heavy atom. The molecule has 29 heavy (non-hydrogen) atoms. The van der Waals surface area contributed by atoms with Crippen molar-refractivity contribution < 1.29 is 9.00 Å². The maximum Gasteiger partial charge on any atom is 0.354 e. The van der Waals surface area contributed by atoms with Crippen LogP contribution in [0.3, 0.4) is 0 Å². The predicted molar refractivity (Wildman–Crippen MR) is 110 cm³/mol. The second-order valence-electron chi connectivity index (χ2n) is 8.02. The monoisotopic (exact) mass is 415 g/mol. The number of fused-ring (bicyclic) bond motifs is 3. The van der Waals surface area contributed by atoms with Crippen LogP contribution in [-0.2, 0) is 35.7 Å². The number of hydrogen-bond donors (Lipinski definition) is 3. The number of urea groups is 1. The van der Waals surface area contributed by atoms with Crippen molar-refractivity contribution in [1.29, 1.82) is 0 Å². The first-order chi connectivity index (χ1) is 13.9. The van der Waals surface area contributed by atoms with Crippen LogP contribution in [0.2, 0.25) is 0 Å². The minimum atomic E-state index is -3.42. The predicted octanol–water partition coefficient (Wildman–Crippen LogP) is 2.56. The van der Waals surface area contributed by atoms with Crippen LogP contribution in [-0.4, -0.2) is 31.5 Å². The molecule has 4 N–H and O–H groups in total. The van der Waals surface area contributed by atoms with Gasteiger partial charge in [-0.25, -0.2) is 18.8 Å². The van der Waals surface area contributed by atoms with Crippen LogP contribution < -0.4 is 15.8 Å². The Morgan fingerprint density at radius 2 is 2.21 bits per heavy atom. The molecular weight excluding hydrogens is 390 g/mol. The Bertz CT molecular complexity index is 1130. The van der Waals surface area contributed by atoms with E-state index >= 15 is 0 Å². The minimum absolute atomic E-state index is 0.270. The number of aryl methyl sites for hydroxylation is 2. The molecule has 2 aromatic rings. The second-order valence-corrected chi connectivity index (χ2v) is 9.78. The molecule has 2 aliphatic carbocycles. The summed E-state index contributed by atoms with van der Waals surface area (Å²) < 4.78 is 18.7. The fourth-order valence-corrected chi connectivity index (χ4v) is 5.66. The van der Waals surface area contributed by atoms with Gasteiger partial charge in [-0.15, -0.1) is 4.36 Å². The highest BCUT2D eigenvalue weighted by Crippen LogP contribution is 2.41. The van der Waals surface area contributed by atoms with Crippen molar-refractivity contribution in [3.8, 4) is 0 Å². The summed E-state index contributed by atoms with van der Waals surface area (Å²) in [5.74, 6) is 0.965. The first-order valence-electron chi connectivity index (χ1n) is 10.1. The van der Waals surface area contributed by atoms with Crippen molar-refractivity contribution in [3.63, 3.8) is 0 Å². The molecule has 0 saturated carbocycles. The van der Waals surface area contributed by atoms with Crippen molar-refractivity contribution in [1.82, 2.24) is 14.8 Å². The second kappa shape index (κ2) is 6.81. The number of amides is 2. The van der Waals surface area contributed by atoms with Gasteiger partial charge < -0.3 is 10.6 Å². The van der Waals surface area contributed by atoms with E-state index in [1.54, 1.807) is 4.68 Å². The lowest BCUT2D eigenvalue weighted by molar-refractivity contribution is 0.260. The molecule has 2 atom stereocenters. The molecule has 2 unspecified atom stereocenters. The molecule has 0 aromatic carbocycles. The molecule has 3 aliphatic rings. The van der Waals surface area contributed by atoms with Crippen LogP contribution in [0, 0.1) is 0 Å². The fourth-order valence-electron chi connectivity index (χ4n) is 4.62. The molecule has 2 aromatic heterocycles. The third kappa shape index (κ3) is 3.10. The molecule has 0 saturated heterocycles. The van der Waals surface area contributed by atoms with E-state index in [0.29, 0.717) is 11.7 Å². The zero-order valence-corrected chi connectivity index (χ0v) is 17.2. The first kappa shape index (κ1) is 18.6. The largest absolute Gasteiger partial charge is 0.369 e. The first-order valence-corrected chi connectivity index (χ1v) is 11.7. The maximum absolute atomic E-state index is 13.1. The summed E-state index contributed by atoms with van der Waals surface area (Å²) in [6.45, 7) is 3.63. The van der Waals surface area contributed by atoms with Gasteiger partial charge in [0.05, 0.1) is 11.9 Å². The normalized spacial score (nSPS) is 21.5. The Balaban J connectivity index is 1.50. The highest BCUT2D eigenvalue weighted by molar-refractivity contribution is 7.91. The van der Waals surface area contributed by atoms with Gasteiger partial charge in [0.2, 0.25) is 0 Å². The van der Waals surface area contributed by atoms with E-state index in [1.807, 2.05) is 0 Å². The summed E-state index contributed by atoms with van der Waals surface area (Å²) in [6, 6.07) is -0.685. The molecule has 2 amide bonds. The van der Waals surface area contributed by atoms with Crippen molar-refractivity contribution in [2.75, 3.05) is 17.2 Å². The zero-order chi connectivity index (χ0) is 20.2. The number of nitrogens with zero attached hydrogens (tertiary/aromatic N) is 4. The van der Waals surface area contributed by atoms with Gasteiger partial charge >= 0.3 is 6.03 Å². The topological polar surface area (TPSA) is 127 Å². The molecule has 5 rings (SSSR count). The minimum Gasteiger partial charge on any atom is -0.369 e. The van der Waals surface area contributed by atoms with Gasteiger partial charge in [-0.1, -0.05) is 6.92 Å². The Morgan fingerprint density at radius 3 is 3.07 bits per heavy atom. The van der Waals surface area contributed by atoms with E-state index in [-0.39, 0.29) is 4.90 Å². The molecule has 1 aliphatic heterocycles. The third-order valence-corrected chi connectivity index (χ3v) is 7.43. The smallest absolute Gasteiger partial charge is 0.354 e. The average molecular weight is 416 g/mol. The molecule has 0 bridgehead atoms. The summed E-state index contributed by atoms with van der Waals surface area (Å²) in [7, 11) is -3.42. The van der Waals surface area contributed by atoms with E-state index in [4.69, 9.17) is 10.1 Å². The van der Waals surface area contributed by atoms with E-state index in [1.165, 1.54) is 6.20 Å². The quantitative estimate of drug-likeness (QED) is 0.695. The van der Waals surface area contributed by atoms with Crippen molar-refractivity contribution in [2.45, 2.75) is 62.8 Å². The Kier molecular flexibility index (Phi) is 4.36. The van der Waals surface area contributed by atoms with Crippen LogP contribution in [0.1, 0.15) is 54.6 Å². The SMILES string of the molecule is CC1CCc2c1nc1c(c2NC(=O)N=S(N)(=O)c2cnn3c2NCCC3)CCC1. The summed E-state index contributed by atoms with van der Waals surface area (Å²) in [5.41, 5.74) is 5.13. The van der Waals surface area contributed by atoms with E-state index < -0.39 is 15.9 Å². The van der Waals surface area contributed by atoms with Crippen LogP contribution in [0.25, 0.3) is 0 Å². The van der Waals surface area contributed by atoms with Crippen molar-refractivity contribution >= 4 is 27.5 Å². The highest BCUT2D eigenvalue weighted by Gasteiger charge is 2.30. The van der Waals surface area contributed by atoms with Gasteiger partial charge in [0.15, 0.2) is 0 Å². The van der Waals surface area contributed by atoms with Gasteiger partial charge in [-0.2, -0.15) is 5.10 Å². The molecule has 0 radical (unpaired) electrons. The van der Waals surface area contributed by atoms with Crippen molar-refractivity contribution in [2.24, 2.45) is 9.50 Å². The van der Waals surface area contributed by atoms with Gasteiger partial charge in [0.25, 0.3) is 0 Å². The van der Waals surface area contributed by atoms with Crippen LogP contribution in [0.15, 0.2) is 15.5 Å². The Hall–Kier alpha value is -2.46. The molecule has 154 valence electrons. The lowest BCUT2D eigenvalue weighted by atomic mass is 10.0. The van der Waals surface area contributed by atoms with Gasteiger partial charge in [-0.05, 0) is 55.6 Å². The molecule has 0 spiro atoms. The highest BCUT2D eigenvalue weighted by atomic mass is 32.2. The number of aromatic nitrogens is 3. The van der Waals surface area contributed by atoms with Crippen molar-refractivity contribution in [3.05, 3.63) is 28.7 Å². The molecule has 10 heteroatoms. The molecule has 0 fully saturated rings. The number of rotatable bonds is 2. The van der Waals surface area contributed by atoms with Crippen LogP contribution in [0.5, 0.6) is 0 Å². The number of carbonyl (C=O) groups excluding carboxylic acids is 1. The van der Waals surface area contributed by atoms with Gasteiger partial charge in [0.1, 0.15) is 20.6 Å². The van der Waals surface area contributed by atoms with E-state index in [2.05, 4.69) is 27.0 Å². The maximum atomic E-state index is 13.1. The number of carbonyl (C=O) groups is 1. The van der Waals surface area contributed by atoms with Crippen LogP contribution >= 0.6 is 0 Å². The summed E-state index contributed by atoms with van der Waals surface area (Å²) in [5, 5.41) is 16.3. The number of anilines is 2. The average Bonchev–Trinajstić information content (AvgIpc) is 3.40. The standard InChI is InChI=1S/C19H25N7O2S/c1-11-6-7-13-16(11)23-14-5-2-4-12(14)17(13)24-19(27)25-29(20,28)15-10-22-26-9-3-8-21-18(15)26/h10-11,21H,2-9H2,1H3,(H3,20,23,24,25,27,28). The molecular formula is C19H25N7O2S. The molecule has 3 heterocycles. The number of nitrogens with one attached hydrogen (secondary N) is 2. The van der Waals surface area contributed by atoms with Gasteiger partial charge in [0, 0.05) is 24.5 Å². The fraction of sp³-hybridized carbons (Fsp3) is 0.526. The van der Waals surface area contributed by atoms with E-state index in [0.717, 1.165) is 79.8 Å². The third-order valence-electron chi connectivity index (χ3n) is 6.06. The number of hydrogen-bond acceptors (Lipinski definition) is 5. The number of nitrogens with two attached hydrogens (primary N) is 1. The summed E-state index contributed by atoms with van der Waals surface area (Å²) in [4.78, 5) is 17.9. The summed E-state index contributed by atoms with van der Waals surface area (Å²) >= 11 is 0. The number of pyridine rings is 1. The van der Waals surface area contributed by atoms with E-state index in [9.17, 15) is 9.00 Å². The lowest BCUT2D eigenvalue weighted by Crippen LogP contribution is -2.22. The Labute approximate surface area is 169 Å². The van der Waals surface area contributed by atoms with Gasteiger partial charge in [-0.3, -0.25) is 4.98 Å². The molecule has 9 nitrogen and oxygen atoms in total. The lowest BCUT2D eigenvalue weighted by Gasteiger charge is -2.17.